The number of phosphoric ester groups is 1. The van der Waals surface area contributed by atoms with Gasteiger partial charge in [-0.25, -0.2) is 4.57 Å². The predicted molar refractivity (Wildman–Crippen MR) is 123 cm³/mol. The molecule has 0 N–H and O–H groups in total. The Labute approximate surface area is 202 Å². The molecule has 0 fully saturated rings. The molecule has 10 nitrogen and oxygen atoms in total. The maximum Gasteiger partial charge on any atom is 0.476 e. The predicted octanol–water partition coefficient (Wildman–Crippen LogP) is 5.42. The van der Waals surface area contributed by atoms with Gasteiger partial charge in [0.25, 0.3) is 0 Å². The molecular weight excluding hydrogens is 479 g/mol. The van der Waals surface area contributed by atoms with Crippen molar-refractivity contribution >= 4 is 25.2 Å². The molecule has 0 saturated carbocycles. The van der Waals surface area contributed by atoms with Crippen molar-refractivity contribution in [3.8, 4) is 0 Å². The van der Waals surface area contributed by atoms with E-state index in [2.05, 4.69) is 0 Å². The van der Waals surface area contributed by atoms with E-state index in [-0.39, 0.29) is 17.3 Å². The van der Waals surface area contributed by atoms with Crippen molar-refractivity contribution < 1.29 is 45.8 Å². The summed E-state index contributed by atoms with van der Waals surface area (Å²) in [5.41, 5.74) is 4.09. The minimum Gasteiger partial charge on any atom is -0.461 e. The summed E-state index contributed by atoms with van der Waals surface area (Å²) in [7, 11) is -4.55. The monoisotopic (exact) mass is 506 g/mol. The van der Waals surface area contributed by atoms with Gasteiger partial charge in [0.2, 0.25) is 17.3 Å². The Morgan fingerprint density at radius 1 is 0.600 bits per heavy atom. The van der Waals surface area contributed by atoms with Crippen LogP contribution in [0.15, 0.2) is 32.0 Å². The highest BCUT2D eigenvalue weighted by Crippen LogP contribution is 2.49. The number of carbonyl (C=O) groups excluding carboxylic acids is 3. The number of phosphoric acid groups is 1. The molecule has 0 saturated heterocycles. The van der Waals surface area contributed by atoms with Gasteiger partial charge in [0.1, 0.15) is 19.8 Å². The molecule has 0 unspecified atom stereocenters. The molecule has 0 aliphatic heterocycles. The summed E-state index contributed by atoms with van der Waals surface area (Å²) in [5, 5.41) is 0. The Morgan fingerprint density at radius 3 is 1.06 bits per heavy atom. The van der Waals surface area contributed by atoms with Crippen LogP contribution in [0.4, 0.5) is 0 Å². The normalized spacial score (nSPS) is 11.7. The van der Waals surface area contributed by atoms with Crippen molar-refractivity contribution in [1.29, 1.82) is 0 Å². The maximum atomic E-state index is 13.3. The lowest BCUT2D eigenvalue weighted by molar-refractivity contribution is 0.0670. The Bertz CT molecular complexity index is 1150. The smallest absolute Gasteiger partial charge is 0.461 e. The third-order valence-corrected chi connectivity index (χ3v) is 7.01. The van der Waals surface area contributed by atoms with Gasteiger partial charge in [0.15, 0.2) is 17.3 Å². The number of hydrogen-bond donors (Lipinski definition) is 0. The Balaban J connectivity index is 1.73. The number of furan rings is 3. The zero-order valence-corrected chi connectivity index (χ0v) is 21.3. The fourth-order valence-corrected chi connectivity index (χ4v) is 4.11. The summed E-state index contributed by atoms with van der Waals surface area (Å²) >= 11 is 0. The Kier molecular flexibility index (Phi) is 8.12. The van der Waals surface area contributed by atoms with Crippen molar-refractivity contribution in [3.63, 3.8) is 0 Å². The van der Waals surface area contributed by atoms with Crippen molar-refractivity contribution in [3.05, 3.63) is 69.5 Å². The lowest BCUT2D eigenvalue weighted by Gasteiger charge is -2.17. The van der Waals surface area contributed by atoms with E-state index >= 15 is 0 Å². The maximum absolute atomic E-state index is 13.3. The molecule has 0 amide bonds. The van der Waals surface area contributed by atoms with E-state index in [1.54, 1.807) is 41.5 Å². The van der Waals surface area contributed by atoms with Gasteiger partial charge >= 0.3 is 7.82 Å². The molecule has 0 radical (unpaired) electrons. The second kappa shape index (κ2) is 10.7. The SMILES string of the molecule is Cc1coc(C(=O)COP(=O)(OCC(=O)c2occ(C)c2C)OCC(=O)c2occ(C)c2C)c1C. The number of carbonyl (C=O) groups is 3. The first-order chi connectivity index (χ1) is 16.4. The van der Waals surface area contributed by atoms with E-state index in [4.69, 9.17) is 26.8 Å². The van der Waals surface area contributed by atoms with Gasteiger partial charge in [-0.05, 0) is 58.2 Å². The molecule has 3 rings (SSSR count). The molecule has 188 valence electrons. The zero-order chi connectivity index (χ0) is 25.9. The Morgan fingerprint density at radius 2 is 0.857 bits per heavy atom. The van der Waals surface area contributed by atoms with Gasteiger partial charge in [0, 0.05) is 16.7 Å². The number of hydrogen-bond acceptors (Lipinski definition) is 10. The van der Waals surface area contributed by atoms with Crippen molar-refractivity contribution in [2.45, 2.75) is 41.5 Å². The lowest BCUT2D eigenvalue weighted by Crippen LogP contribution is -2.16. The van der Waals surface area contributed by atoms with Crippen LogP contribution in [0.3, 0.4) is 0 Å². The second-order valence-corrected chi connectivity index (χ2v) is 9.82. The summed E-state index contributed by atoms with van der Waals surface area (Å²) < 4.78 is 44.5. The average molecular weight is 506 g/mol. The van der Waals surface area contributed by atoms with Gasteiger partial charge in [-0.15, -0.1) is 0 Å². The van der Waals surface area contributed by atoms with Gasteiger partial charge in [-0.1, -0.05) is 0 Å². The van der Waals surface area contributed by atoms with E-state index in [1.165, 1.54) is 18.8 Å². The van der Waals surface area contributed by atoms with Crippen LogP contribution >= 0.6 is 7.82 Å². The minimum atomic E-state index is -4.55. The van der Waals surface area contributed by atoms with E-state index < -0.39 is 45.0 Å². The van der Waals surface area contributed by atoms with E-state index in [1.807, 2.05) is 0 Å². The van der Waals surface area contributed by atoms with Crippen LogP contribution in [0.2, 0.25) is 0 Å². The van der Waals surface area contributed by atoms with E-state index in [9.17, 15) is 18.9 Å². The third-order valence-electron chi connectivity index (χ3n) is 5.68. The highest BCUT2D eigenvalue weighted by molar-refractivity contribution is 7.48. The first kappa shape index (κ1) is 26.6. The molecule has 0 spiro atoms. The third kappa shape index (κ3) is 5.97. The molecule has 0 bridgehead atoms. The van der Waals surface area contributed by atoms with E-state index in [0.29, 0.717) is 16.7 Å². The minimum absolute atomic E-state index is 0.0320. The molecule has 3 aromatic rings. The standard InChI is InChI=1S/C24H27O10P/c1-13-7-29-22(16(13)4)19(25)10-32-35(28,33-11-20(26)23-17(5)14(2)8-30-23)34-12-21(27)24-18(6)15(3)9-31-24/h7-9H,10-12H2,1-6H3. The zero-order valence-electron chi connectivity index (χ0n) is 20.4. The lowest BCUT2D eigenvalue weighted by atomic mass is 10.1. The summed E-state index contributed by atoms with van der Waals surface area (Å²) in [6, 6.07) is 0. The summed E-state index contributed by atoms with van der Waals surface area (Å²) in [6.45, 7) is 8.18. The quantitative estimate of drug-likeness (QED) is 0.231. The fourth-order valence-electron chi connectivity index (χ4n) is 3.06. The number of Topliss-reactive ketones (excluding diaryl/α,β-unsaturated/α-hetero) is 3. The van der Waals surface area contributed by atoms with Crippen LogP contribution in [0.5, 0.6) is 0 Å². The number of aryl methyl sites for hydroxylation is 3. The van der Waals surface area contributed by atoms with Crippen LogP contribution in [0.25, 0.3) is 0 Å². The number of rotatable bonds is 12. The number of ketones is 3. The van der Waals surface area contributed by atoms with Crippen molar-refractivity contribution in [2.24, 2.45) is 0 Å². The topological polar surface area (TPSA) is 135 Å². The largest absolute Gasteiger partial charge is 0.476 e. The van der Waals surface area contributed by atoms with Gasteiger partial charge in [0.05, 0.1) is 18.8 Å². The molecular formula is C24H27O10P. The molecule has 0 aliphatic rings. The Hall–Kier alpha value is -3.04. The van der Waals surface area contributed by atoms with Crippen LogP contribution in [-0.4, -0.2) is 37.2 Å². The molecule has 3 heterocycles. The van der Waals surface area contributed by atoms with Crippen LogP contribution in [0, 0.1) is 41.5 Å². The second-order valence-electron chi connectivity index (χ2n) is 8.16. The van der Waals surface area contributed by atoms with E-state index in [0.717, 1.165) is 16.7 Å². The van der Waals surface area contributed by atoms with Gasteiger partial charge < -0.3 is 13.3 Å². The molecule has 0 aliphatic carbocycles. The van der Waals surface area contributed by atoms with Crippen LogP contribution < -0.4 is 0 Å². The fraction of sp³-hybridized carbons (Fsp3) is 0.375. The van der Waals surface area contributed by atoms with Gasteiger partial charge in [-0.2, -0.15) is 0 Å². The first-order valence-corrected chi connectivity index (χ1v) is 12.2. The van der Waals surface area contributed by atoms with Gasteiger partial charge in [-0.3, -0.25) is 28.0 Å². The average Bonchev–Trinajstić information content (AvgIpc) is 3.46. The summed E-state index contributed by atoms with van der Waals surface area (Å²) in [4.78, 5) is 37.6. The highest BCUT2D eigenvalue weighted by Gasteiger charge is 2.33. The summed E-state index contributed by atoms with van der Waals surface area (Å²) in [6.07, 6.45) is 4.23. The molecule has 35 heavy (non-hydrogen) atoms. The molecule has 3 aromatic heterocycles. The molecule has 0 aromatic carbocycles. The summed E-state index contributed by atoms with van der Waals surface area (Å²) in [5.74, 6) is -1.75. The van der Waals surface area contributed by atoms with Crippen molar-refractivity contribution in [2.75, 3.05) is 19.8 Å². The van der Waals surface area contributed by atoms with Crippen LogP contribution in [-0.2, 0) is 18.1 Å². The van der Waals surface area contributed by atoms with Crippen LogP contribution in [0.1, 0.15) is 65.0 Å². The first-order valence-electron chi connectivity index (χ1n) is 10.7. The highest BCUT2D eigenvalue weighted by atomic mass is 31.2. The molecule has 0 atom stereocenters. The molecule has 11 heteroatoms. The van der Waals surface area contributed by atoms with Crippen molar-refractivity contribution in [1.82, 2.24) is 0 Å².